The molecule has 0 nitrogen and oxygen atoms in total. The Morgan fingerprint density at radius 3 is 2.07 bits per heavy atom. The summed E-state index contributed by atoms with van der Waals surface area (Å²) in [5, 5.41) is 0. The normalized spacial score (nSPS) is 56.3. The van der Waals surface area contributed by atoms with Gasteiger partial charge in [0.2, 0.25) is 0 Å². The molecule has 30 heavy (non-hydrogen) atoms. The van der Waals surface area contributed by atoms with E-state index in [9.17, 15) is 0 Å². The summed E-state index contributed by atoms with van der Waals surface area (Å²) in [6, 6.07) is 0. The van der Waals surface area contributed by atoms with Crippen LogP contribution >= 0.6 is 0 Å². The molecule has 0 amide bonds. The van der Waals surface area contributed by atoms with Crippen LogP contribution in [0.15, 0.2) is 12.2 Å². The van der Waals surface area contributed by atoms with Crippen molar-refractivity contribution in [3.8, 4) is 0 Å². The third-order valence-corrected chi connectivity index (χ3v) is 12.9. The monoisotopic (exact) mass is 410 g/mol. The maximum Gasteiger partial charge on any atom is -0.00795 e. The van der Waals surface area contributed by atoms with Gasteiger partial charge in [0.15, 0.2) is 0 Å². The molecule has 5 aliphatic carbocycles. The molecule has 0 radical (unpaired) electrons. The lowest BCUT2D eigenvalue weighted by atomic mass is 9.32. The molecule has 0 spiro atoms. The fourth-order valence-corrected chi connectivity index (χ4v) is 10.8. The maximum absolute atomic E-state index is 2.78. The van der Waals surface area contributed by atoms with Crippen LogP contribution < -0.4 is 0 Å². The van der Waals surface area contributed by atoms with E-state index in [1.807, 2.05) is 0 Å². The minimum atomic E-state index is 0.412. The average molecular weight is 411 g/mol. The van der Waals surface area contributed by atoms with Crippen molar-refractivity contribution in [3.63, 3.8) is 0 Å². The maximum atomic E-state index is 2.78. The van der Waals surface area contributed by atoms with E-state index in [0.29, 0.717) is 32.5 Å². The molecule has 0 saturated heterocycles. The third-order valence-electron chi connectivity index (χ3n) is 12.9. The van der Waals surface area contributed by atoms with Gasteiger partial charge in [-0.05, 0) is 120 Å². The van der Waals surface area contributed by atoms with Gasteiger partial charge in [-0.25, -0.2) is 0 Å². The molecule has 0 aromatic carbocycles. The quantitative estimate of drug-likeness (QED) is 0.349. The number of allylic oxidation sites excluding steroid dienone is 2. The number of rotatable bonds is 0. The highest BCUT2D eigenvalue weighted by molar-refractivity contribution is 5.22. The van der Waals surface area contributed by atoms with E-state index in [4.69, 9.17) is 0 Å². The Balaban J connectivity index is 1.54. The second kappa shape index (κ2) is 6.20. The summed E-state index contributed by atoms with van der Waals surface area (Å²) in [5.41, 5.74) is 3.12. The van der Waals surface area contributed by atoms with Gasteiger partial charge in [-0.1, -0.05) is 67.5 Å². The topological polar surface area (TPSA) is 0 Å². The van der Waals surface area contributed by atoms with Gasteiger partial charge in [0, 0.05) is 0 Å². The van der Waals surface area contributed by atoms with E-state index in [1.165, 1.54) is 64.2 Å². The Kier molecular flexibility index (Phi) is 4.46. The van der Waals surface area contributed by atoms with E-state index in [1.54, 1.807) is 0 Å². The molecule has 170 valence electrons. The number of hydrogen-bond acceptors (Lipinski definition) is 0. The highest BCUT2D eigenvalue weighted by Crippen LogP contribution is 2.76. The summed E-state index contributed by atoms with van der Waals surface area (Å²) in [6.07, 6.45) is 19.9. The van der Waals surface area contributed by atoms with Crippen LogP contribution in [0, 0.1) is 56.2 Å². The van der Waals surface area contributed by atoms with Gasteiger partial charge in [0.1, 0.15) is 0 Å². The standard InChI is InChI=1S/C30H50/c1-25(2)16-17-27(5)18-19-29(7)21(22(27)20-25)10-11-24-28(6)14-9-13-26(3,4)23(28)12-15-30(24,29)8/h9,14,21-24H,10-13,15-20H2,1-8H3/t21-,22-,23?,24-,27-,28+,29-,30-/m1/s1. The SMILES string of the molecule is CC1(C)CC[C@]2(C)CC[C@]3(C)[C@H](CC[C@@H]4[C@@]5(C)C=CCC(C)(C)C5CC[C@]43C)[C@H]2C1. The third kappa shape index (κ3) is 2.64. The molecule has 1 unspecified atom stereocenters. The van der Waals surface area contributed by atoms with Crippen molar-refractivity contribution in [2.24, 2.45) is 56.2 Å². The van der Waals surface area contributed by atoms with Gasteiger partial charge in [-0.15, -0.1) is 0 Å². The lowest BCUT2D eigenvalue weighted by molar-refractivity contribution is -0.227. The molecule has 0 N–H and O–H groups in total. The molecule has 5 rings (SSSR count). The smallest absolute Gasteiger partial charge is 0.00795 e. The van der Waals surface area contributed by atoms with Crippen LogP contribution in [0.1, 0.15) is 120 Å². The fraction of sp³-hybridized carbons (Fsp3) is 0.933. The summed E-state index contributed by atoms with van der Waals surface area (Å²) >= 11 is 0. The first kappa shape index (κ1) is 21.6. The lowest BCUT2D eigenvalue weighted by Gasteiger charge is -2.72. The van der Waals surface area contributed by atoms with E-state index >= 15 is 0 Å². The van der Waals surface area contributed by atoms with Crippen LogP contribution in [0.5, 0.6) is 0 Å². The molecular weight excluding hydrogens is 360 g/mol. The summed E-state index contributed by atoms with van der Waals surface area (Å²) < 4.78 is 0. The highest BCUT2D eigenvalue weighted by atomic mass is 14.7. The Hall–Kier alpha value is -0.260. The first-order valence-electron chi connectivity index (χ1n) is 13.5. The number of hydrogen-bond donors (Lipinski definition) is 0. The molecule has 5 aliphatic rings. The number of fused-ring (bicyclic) bond motifs is 7. The van der Waals surface area contributed by atoms with Gasteiger partial charge in [-0.3, -0.25) is 0 Å². The second-order valence-corrected chi connectivity index (χ2v) is 15.3. The zero-order chi connectivity index (χ0) is 21.8. The van der Waals surface area contributed by atoms with Gasteiger partial charge >= 0.3 is 0 Å². The van der Waals surface area contributed by atoms with Crippen molar-refractivity contribution in [2.75, 3.05) is 0 Å². The summed E-state index contributed by atoms with van der Waals surface area (Å²) in [5.74, 6) is 3.66. The molecule has 0 aromatic rings. The van der Waals surface area contributed by atoms with Gasteiger partial charge in [0.05, 0.1) is 0 Å². The second-order valence-electron chi connectivity index (χ2n) is 15.3. The molecule has 0 aliphatic heterocycles. The van der Waals surface area contributed by atoms with Gasteiger partial charge in [-0.2, -0.15) is 0 Å². The zero-order valence-electron chi connectivity index (χ0n) is 21.5. The van der Waals surface area contributed by atoms with Crippen LogP contribution in [0.4, 0.5) is 0 Å². The predicted molar refractivity (Wildman–Crippen MR) is 129 cm³/mol. The molecule has 8 atom stereocenters. The Morgan fingerprint density at radius 2 is 1.33 bits per heavy atom. The summed E-state index contributed by atoms with van der Waals surface area (Å²) in [7, 11) is 0. The largest absolute Gasteiger partial charge is 0.0874 e. The molecule has 0 bridgehead atoms. The Labute approximate surface area is 188 Å². The molecule has 0 aromatic heterocycles. The van der Waals surface area contributed by atoms with Crippen molar-refractivity contribution >= 4 is 0 Å². The van der Waals surface area contributed by atoms with E-state index in [2.05, 4.69) is 67.5 Å². The minimum Gasteiger partial charge on any atom is -0.0874 e. The summed E-state index contributed by atoms with van der Waals surface area (Å²) in [4.78, 5) is 0. The Bertz CT molecular complexity index is 741. The molecular formula is C30H50. The van der Waals surface area contributed by atoms with Gasteiger partial charge < -0.3 is 0 Å². The Morgan fingerprint density at radius 1 is 0.633 bits per heavy atom. The van der Waals surface area contributed by atoms with Crippen LogP contribution in [-0.2, 0) is 0 Å². The van der Waals surface area contributed by atoms with Crippen LogP contribution in [0.2, 0.25) is 0 Å². The van der Waals surface area contributed by atoms with Crippen molar-refractivity contribution < 1.29 is 0 Å². The van der Waals surface area contributed by atoms with E-state index in [-0.39, 0.29) is 0 Å². The van der Waals surface area contributed by atoms with Crippen LogP contribution in [0.3, 0.4) is 0 Å². The first-order chi connectivity index (χ1) is 13.8. The molecule has 4 saturated carbocycles. The van der Waals surface area contributed by atoms with Crippen molar-refractivity contribution in [2.45, 2.75) is 120 Å². The predicted octanol–water partition coefficient (Wildman–Crippen LogP) is 9.05. The molecule has 4 fully saturated rings. The van der Waals surface area contributed by atoms with Crippen LogP contribution in [0.25, 0.3) is 0 Å². The van der Waals surface area contributed by atoms with E-state index < -0.39 is 0 Å². The molecule has 0 heteroatoms. The fourth-order valence-electron chi connectivity index (χ4n) is 10.8. The van der Waals surface area contributed by atoms with Gasteiger partial charge in [0.25, 0.3) is 0 Å². The van der Waals surface area contributed by atoms with Crippen molar-refractivity contribution in [1.29, 1.82) is 0 Å². The average Bonchev–Trinajstić information content (AvgIpc) is 2.63. The minimum absolute atomic E-state index is 0.412. The van der Waals surface area contributed by atoms with E-state index in [0.717, 1.165) is 23.7 Å². The molecule has 0 heterocycles. The highest BCUT2D eigenvalue weighted by Gasteiger charge is 2.68. The first-order valence-corrected chi connectivity index (χ1v) is 13.5. The van der Waals surface area contributed by atoms with Crippen molar-refractivity contribution in [3.05, 3.63) is 12.2 Å². The zero-order valence-corrected chi connectivity index (χ0v) is 21.5. The van der Waals surface area contributed by atoms with Crippen molar-refractivity contribution in [1.82, 2.24) is 0 Å². The van der Waals surface area contributed by atoms with Crippen LogP contribution in [-0.4, -0.2) is 0 Å². The summed E-state index contributed by atoms with van der Waals surface area (Å²) in [6.45, 7) is 21.2. The lowest BCUT2D eigenvalue weighted by Crippen LogP contribution is -2.65.